The summed E-state index contributed by atoms with van der Waals surface area (Å²) < 4.78 is 14.0. The van der Waals surface area contributed by atoms with Gasteiger partial charge in [0.1, 0.15) is 5.82 Å². The largest absolute Gasteiger partial charge is 0.316 e. The number of likely N-dealkylation sites (N-methyl/N-ethyl adjacent to an activating group) is 1. The molecule has 0 bridgehead atoms. The summed E-state index contributed by atoms with van der Waals surface area (Å²) >= 11 is 3.48. The van der Waals surface area contributed by atoms with Gasteiger partial charge in [-0.3, -0.25) is 0 Å². The van der Waals surface area contributed by atoms with Crippen LogP contribution in [0.1, 0.15) is 45.1 Å². The standard InChI is InChI=1S/C17H25BrFN/c1-17(2)8-6-12(7-9-17)16(20-3)10-13-4-5-14(19)11-15(13)18/h4-5,11-12,16,20H,6-10H2,1-3H3. The molecular formula is C17H25BrFN. The third-order valence-corrected chi connectivity index (χ3v) is 5.52. The lowest BCUT2D eigenvalue weighted by Crippen LogP contribution is -2.39. The Morgan fingerprint density at radius 2 is 2.00 bits per heavy atom. The lowest BCUT2D eigenvalue weighted by molar-refractivity contribution is 0.163. The Bertz CT molecular complexity index is 448. The smallest absolute Gasteiger partial charge is 0.124 e. The normalized spacial score (nSPS) is 20.9. The van der Waals surface area contributed by atoms with E-state index in [-0.39, 0.29) is 5.82 Å². The molecule has 1 aromatic carbocycles. The first-order chi connectivity index (χ1) is 9.41. The van der Waals surface area contributed by atoms with E-state index in [9.17, 15) is 4.39 Å². The van der Waals surface area contributed by atoms with E-state index in [1.165, 1.54) is 31.2 Å². The average Bonchev–Trinajstić information content (AvgIpc) is 2.39. The fourth-order valence-corrected chi connectivity index (χ4v) is 3.77. The number of benzene rings is 1. The summed E-state index contributed by atoms with van der Waals surface area (Å²) in [6, 6.07) is 5.49. The minimum atomic E-state index is -0.180. The zero-order valence-electron chi connectivity index (χ0n) is 12.7. The van der Waals surface area contributed by atoms with Crippen molar-refractivity contribution in [2.24, 2.45) is 11.3 Å². The Morgan fingerprint density at radius 3 is 2.55 bits per heavy atom. The number of rotatable bonds is 4. The maximum Gasteiger partial charge on any atom is 0.124 e. The number of halogens is 2. The molecule has 0 amide bonds. The molecule has 1 aliphatic rings. The van der Waals surface area contributed by atoms with Crippen molar-refractivity contribution in [1.29, 1.82) is 0 Å². The zero-order valence-corrected chi connectivity index (χ0v) is 14.3. The lowest BCUT2D eigenvalue weighted by atomic mass is 9.70. The first kappa shape index (κ1) is 16.0. The topological polar surface area (TPSA) is 12.0 Å². The van der Waals surface area contributed by atoms with Crippen molar-refractivity contribution >= 4 is 15.9 Å². The number of hydrogen-bond acceptors (Lipinski definition) is 1. The van der Waals surface area contributed by atoms with E-state index < -0.39 is 0 Å². The van der Waals surface area contributed by atoms with Gasteiger partial charge >= 0.3 is 0 Å². The molecule has 1 atom stereocenters. The van der Waals surface area contributed by atoms with Gasteiger partial charge in [0.05, 0.1) is 0 Å². The van der Waals surface area contributed by atoms with Crippen LogP contribution in [0, 0.1) is 17.2 Å². The van der Waals surface area contributed by atoms with Crippen LogP contribution in [0.2, 0.25) is 0 Å². The van der Waals surface area contributed by atoms with Gasteiger partial charge in [0.2, 0.25) is 0 Å². The highest BCUT2D eigenvalue weighted by Crippen LogP contribution is 2.39. The van der Waals surface area contributed by atoms with Crippen LogP contribution in [0.4, 0.5) is 4.39 Å². The van der Waals surface area contributed by atoms with Crippen LogP contribution < -0.4 is 5.32 Å². The molecule has 1 aliphatic carbocycles. The molecule has 20 heavy (non-hydrogen) atoms. The number of hydrogen-bond donors (Lipinski definition) is 1. The van der Waals surface area contributed by atoms with Gasteiger partial charge < -0.3 is 5.32 Å². The summed E-state index contributed by atoms with van der Waals surface area (Å²) in [5, 5.41) is 3.47. The van der Waals surface area contributed by atoms with Crippen LogP contribution in [0.25, 0.3) is 0 Å². The van der Waals surface area contributed by atoms with Crippen LogP contribution in [0.5, 0.6) is 0 Å². The van der Waals surface area contributed by atoms with Gasteiger partial charge in [-0.2, -0.15) is 0 Å². The second-order valence-electron chi connectivity index (χ2n) is 6.84. The highest BCUT2D eigenvalue weighted by atomic mass is 79.9. The van der Waals surface area contributed by atoms with Crippen LogP contribution in [0.15, 0.2) is 22.7 Å². The first-order valence-corrected chi connectivity index (χ1v) is 8.32. The van der Waals surface area contributed by atoms with E-state index in [1.807, 2.05) is 13.1 Å². The molecule has 1 saturated carbocycles. The Balaban J connectivity index is 2.02. The Kier molecular flexibility index (Phi) is 5.25. The predicted molar refractivity (Wildman–Crippen MR) is 86.4 cm³/mol. The molecule has 0 saturated heterocycles. The average molecular weight is 342 g/mol. The molecule has 2 rings (SSSR count). The Morgan fingerprint density at radius 1 is 1.35 bits per heavy atom. The summed E-state index contributed by atoms with van der Waals surface area (Å²) in [5.74, 6) is 0.547. The Labute approximate surface area is 130 Å². The van der Waals surface area contributed by atoms with Crippen molar-refractivity contribution < 1.29 is 4.39 Å². The summed E-state index contributed by atoms with van der Waals surface area (Å²) in [6.07, 6.45) is 6.15. The van der Waals surface area contributed by atoms with Crippen LogP contribution >= 0.6 is 15.9 Å². The molecule has 1 nitrogen and oxygen atoms in total. The lowest BCUT2D eigenvalue weighted by Gasteiger charge is -2.38. The van der Waals surface area contributed by atoms with Gasteiger partial charge in [-0.15, -0.1) is 0 Å². The van der Waals surface area contributed by atoms with Crippen molar-refractivity contribution in [1.82, 2.24) is 5.32 Å². The molecule has 112 valence electrons. The molecule has 0 aliphatic heterocycles. The van der Waals surface area contributed by atoms with E-state index >= 15 is 0 Å². The molecule has 3 heteroatoms. The minimum Gasteiger partial charge on any atom is -0.316 e. The Hall–Kier alpha value is -0.410. The summed E-state index contributed by atoms with van der Waals surface area (Å²) in [4.78, 5) is 0. The fourth-order valence-electron chi connectivity index (χ4n) is 3.25. The van der Waals surface area contributed by atoms with Crippen molar-refractivity contribution in [2.75, 3.05) is 7.05 Å². The third kappa shape index (κ3) is 4.05. The van der Waals surface area contributed by atoms with Gasteiger partial charge in [0.25, 0.3) is 0 Å². The molecule has 0 spiro atoms. The maximum absolute atomic E-state index is 13.2. The van der Waals surface area contributed by atoms with Crippen molar-refractivity contribution in [3.8, 4) is 0 Å². The molecule has 1 N–H and O–H groups in total. The molecule has 0 heterocycles. The molecule has 0 aromatic heterocycles. The zero-order chi connectivity index (χ0) is 14.8. The van der Waals surface area contributed by atoms with Gasteiger partial charge in [-0.1, -0.05) is 35.8 Å². The SMILES string of the molecule is CNC(Cc1ccc(F)cc1Br)C1CCC(C)(C)CC1. The minimum absolute atomic E-state index is 0.180. The highest BCUT2D eigenvalue weighted by molar-refractivity contribution is 9.10. The van der Waals surface area contributed by atoms with E-state index in [4.69, 9.17) is 0 Å². The van der Waals surface area contributed by atoms with Crippen LogP contribution in [0.3, 0.4) is 0 Å². The van der Waals surface area contributed by atoms with Crippen molar-refractivity contribution in [2.45, 2.75) is 52.0 Å². The van der Waals surface area contributed by atoms with Crippen molar-refractivity contribution in [3.63, 3.8) is 0 Å². The summed E-state index contributed by atoms with van der Waals surface area (Å²) in [7, 11) is 2.04. The molecular weight excluding hydrogens is 317 g/mol. The van der Waals surface area contributed by atoms with Gasteiger partial charge in [-0.05, 0) is 68.2 Å². The summed E-state index contributed by atoms with van der Waals surface area (Å²) in [5.41, 5.74) is 1.70. The fraction of sp³-hybridized carbons (Fsp3) is 0.647. The summed E-state index contributed by atoms with van der Waals surface area (Å²) in [6.45, 7) is 4.74. The first-order valence-electron chi connectivity index (χ1n) is 7.52. The van der Waals surface area contributed by atoms with Crippen LogP contribution in [-0.2, 0) is 6.42 Å². The third-order valence-electron chi connectivity index (χ3n) is 4.78. The van der Waals surface area contributed by atoms with E-state index in [0.717, 1.165) is 16.8 Å². The van der Waals surface area contributed by atoms with E-state index in [2.05, 4.69) is 35.1 Å². The van der Waals surface area contributed by atoms with Gasteiger partial charge in [-0.25, -0.2) is 4.39 Å². The predicted octanol–water partition coefficient (Wildman–Crippen LogP) is 4.94. The number of nitrogens with one attached hydrogen (secondary N) is 1. The highest BCUT2D eigenvalue weighted by Gasteiger charge is 2.30. The maximum atomic E-state index is 13.2. The van der Waals surface area contributed by atoms with Crippen LogP contribution in [-0.4, -0.2) is 13.1 Å². The molecule has 1 fully saturated rings. The molecule has 1 aromatic rings. The second kappa shape index (κ2) is 6.57. The van der Waals surface area contributed by atoms with E-state index in [1.54, 1.807) is 12.1 Å². The van der Waals surface area contributed by atoms with E-state index in [0.29, 0.717) is 11.5 Å². The van der Waals surface area contributed by atoms with Crippen molar-refractivity contribution in [3.05, 3.63) is 34.1 Å². The van der Waals surface area contributed by atoms with Gasteiger partial charge in [0, 0.05) is 10.5 Å². The second-order valence-corrected chi connectivity index (χ2v) is 7.69. The molecule has 1 unspecified atom stereocenters. The monoisotopic (exact) mass is 341 g/mol. The quantitative estimate of drug-likeness (QED) is 0.818. The van der Waals surface area contributed by atoms with Gasteiger partial charge in [0.15, 0.2) is 0 Å². The molecule has 0 radical (unpaired) electrons.